The van der Waals surface area contributed by atoms with Crippen LogP contribution in [0.4, 0.5) is 0 Å². The van der Waals surface area contributed by atoms with Crippen molar-refractivity contribution in [2.24, 2.45) is 0 Å². The molecule has 0 aliphatic heterocycles. The molecule has 0 amide bonds. The summed E-state index contributed by atoms with van der Waals surface area (Å²) in [5.74, 6) is 0.658. The SMILES string of the molecule is CCn1ncnc1CC(=O)c1ccc(Cl)cc1Br. The quantitative estimate of drug-likeness (QED) is 0.810. The summed E-state index contributed by atoms with van der Waals surface area (Å²) >= 11 is 9.18. The second kappa shape index (κ2) is 5.63. The van der Waals surface area contributed by atoms with Gasteiger partial charge >= 0.3 is 0 Å². The van der Waals surface area contributed by atoms with E-state index in [9.17, 15) is 4.79 Å². The molecule has 0 saturated carbocycles. The molecule has 0 spiro atoms. The first-order chi connectivity index (χ1) is 8.61. The molecule has 0 aliphatic rings. The number of benzene rings is 1. The maximum Gasteiger partial charge on any atom is 0.171 e. The summed E-state index contributed by atoms with van der Waals surface area (Å²) < 4.78 is 2.41. The number of aromatic nitrogens is 3. The van der Waals surface area contributed by atoms with Crippen molar-refractivity contribution < 1.29 is 4.79 Å². The average molecular weight is 329 g/mol. The average Bonchev–Trinajstić information content (AvgIpc) is 2.76. The maximum atomic E-state index is 12.2. The molecule has 4 nitrogen and oxygen atoms in total. The zero-order valence-corrected chi connectivity index (χ0v) is 12.1. The van der Waals surface area contributed by atoms with E-state index in [1.165, 1.54) is 6.33 Å². The minimum absolute atomic E-state index is 0.0127. The van der Waals surface area contributed by atoms with E-state index in [2.05, 4.69) is 26.0 Å². The standard InChI is InChI=1S/C12H11BrClN3O/c1-2-17-12(15-7-16-17)6-11(18)9-4-3-8(14)5-10(9)13/h3-5,7H,2,6H2,1H3. The number of nitrogens with zero attached hydrogens (tertiary/aromatic N) is 3. The Bertz CT molecular complexity index is 582. The predicted molar refractivity (Wildman–Crippen MR) is 72.9 cm³/mol. The Morgan fingerprint density at radius 2 is 2.28 bits per heavy atom. The van der Waals surface area contributed by atoms with Crippen LogP contribution in [0, 0.1) is 0 Å². The van der Waals surface area contributed by atoms with Gasteiger partial charge in [0.15, 0.2) is 5.78 Å². The lowest BCUT2D eigenvalue weighted by atomic mass is 10.1. The molecule has 2 aromatic rings. The smallest absolute Gasteiger partial charge is 0.171 e. The topological polar surface area (TPSA) is 47.8 Å². The summed E-state index contributed by atoms with van der Waals surface area (Å²) in [5, 5.41) is 4.63. The highest BCUT2D eigenvalue weighted by Crippen LogP contribution is 2.22. The zero-order valence-electron chi connectivity index (χ0n) is 9.73. The van der Waals surface area contributed by atoms with Gasteiger partial charge in [0.1, 0.15) is 12.2 Å². The fourth-order valence-electron chi connectivity index (χ4n) is 1.64. The van der Waals surface area contributed by atoms with E-state index in [4.69, 9.17) is 11.6 Å². The van der Waals surface area contributed by atoms with Crippen molar-refractivity contribution in [1.82, 2.24) is 14.8 Å². The Kier molecular flexibility index (Phi) is 4.14. The largest absolute Gasteiger partial charge is 0.294 e. The van der Waals surface area contributed by atoms with Crippen molar-refractivity contribution in [3.8, 4) is 0 Å². The molecule has 0 N–H and O–H groups in total. The number of halogens is 2. The van der Waals surface area contributed by atoms with Gasteiger partial charge < -0.3 is 0 Å². The van der Waals surface area contributed by atoms with E-state index in [1.807, 2.05) is 6.92 Å². The van der Waals surface area contributed by atoms with Crippen molar-refractivity contribution in [3.63, 3.8) is 0 Å². The lowest BCUT2D eigenvalue weighted by Crippen LogP contribution is -2.11. The highest BCUT2D eigenvalue weighted by molar-refractivity contribution is 9.10. The first kappa shape index (κ1) is 13.2. The molecule has 18 heavy (non-hydrogen) atoms. The Morgan fingerprint density at radius 3 is 2.94 bits per heavy atom. The van der Waals surface area contributed by atoms with Crippen LogP contribution in [0.15, 0.2) is 29.0 Å². The lowest BCUT2D eigenvalue weighted by molar-refractivity contribution is 0.0988. The fourth-order valence-corrected chi connectivity index (χ4v) is 2.55. The number of carbonyl (C=O) groups excluding carboxylic acids is 1. The minimum Gasteiger partial charge on any atom is -0.294 e. The molecule has 1 aromatic heterocycles. The normalized spacial score (nSPS) is 10.6. The van der Waals surface area contributed by atoms with Gasteiger partial charge in [-0.1, -0.05) is 11.6 Å². The highest BCUT2D eigenvalue weighted by atomic mass is 79.9. The Labute approximate surface area is 118 Å². The van der Waals surface area contributed by atoms with Gasteiger partial charge in [-0.05, 0) is 41.1 Å². The molecule has 0 unspecified atom stereocenters. The highest BCUT2D eigenvalue weighted by Gasteiger charge is 2.14. The number of carbonyl (C=O) groups is 1. The van der Waals surface area contributed by atoms with E-state index in [1.54, 1.807) is 22.9 Å². The summed E-state index contributed by atoms with van der Waals surface area (Å²) in [6.45, 7) is 2.66. The molecule has 0 radical (unpaired) electrons. The zero-order chi connectivity index (χ0) is 13.1. The molecule has 0 saturated heterocycles. The monoisotopic (exact) mass is 327 g/mol. The van der Waals surface area contributed by atoms with Crippen molar-refractivity contribution in [3.05, 3.63) is 45.4 Å². The molecule has 1 heterocycles. The third-order valence-electron chi connectivity index (χ3n) is 2.55. The first-order valence-electron chi connectivity index (χ1n) is 5.46. The van der Waals surface area contributed by atoms with E-state index < -0.39 is 0 Å². The van der Waals surface area contributed by atoms with Crippen molar-refractivity contribution in [2.75, 3.05) is 0 Å². The maximum absolute atomic E-state index is 12.2. The molecule has 0 bridgehead atoms. The molecule has 2 rings (SSSR count). The van der Waals surface area contributed by atoms with Crippen molar-refractivity contribution in [2.45, 2.75) is 19.9 Å². The van der Waals surface area contributed by atoms with Crippen LogP contribution in [0.3, 0.4) is 0 Å². The van der Waals surface area contributed by atoms with Gasteiger partial charge in [-0.25, -0.2) is 9.67 Å². The predicted octanol–water partition coefficient (Wildman–Crippen LogP) is 3.14. The number of Topliss-reactive ketones (excluding diaryl/α,β-unsaturated/α-hetero) is 1. The van der Waals surface area contributed by atoms with Crippen LogP contribution in [-0.4, -0.2) is 20.5 Å². The lowest BCUT2D eigenvalue weighted by Gasteiger charge is -2.05. The Hall–Kier alpha value is -1.20. The van der Waals surface area contributed by atoms with Gasteiger partial charge in [-0.3, -0.25) is 4.79 Å². The van der Waals surface area contributed by atoms with Crippen LogP contribution in [0.25, 0.3) is 0 Å². The molecule has 6 heteroatoms. The van der Waals surface area contributed by atoms with Gasteiger partial charge in [-0.2, -0.15) is 5.10 Å². The Morgan fingerprint density at radius 1 is 1.50 bits per heavy atom. The summed E-state index contributed by atoms with van der Waals surface area (Å²) in [7, 11) is 0. The van der Waals surface area contributed by atoms with E-state index in [0.29, 0.717) is 27.4 Å². The number of hydrogen-bond donors (Lipinski definition) is 0. The minimum atomic E-state index is -0.0127. The van der Waals surface area contributed by atoms with Crippen LogP contribution in [0.2, 0.25) is 5.02 Å². The van der Waals surface area contributed by atoms with Crippen LogP contribution in [0.5, 0.6) is 0 Å². The second-order valence-corrected chi connectivity index (χ2v) is 5.01. The van der Waals surface area contributed by atoms with Crippen molar-refractivity contribution >= 4 is 33.3 Å². The third kappa shape index (κ3) is 2.79. The summed E-state index contributed by atoms with van der Waals surface area (Å²) in [4.78, 5) is 16.2. The summed E-state index contributed by atoms with van der Waals surface area (Å²) in [5.41, 5.74) is 0.602. The fraction of sp³-hybridized carbons (Fsp3) is 0.250. The van der Waals surface area contributed by atoms with Gasteiger partial charge in [0.05, 0.1) is 6.42 Å². The number of ketones is 1. The molecule has 1 aromatic carbocycles. The Balaban J connectivity index is 2.22. The molecular formula is C12H11BrClN3O. The molecule has 0 aliphatic carbocycles. The van der Waals surface area contributed by atoms with Gasteiger partial charge in [-0.15, -0.1) is 0 Å². The summed E-state index contributed by atoms with van der Waals surface area (Å²) in [6.07, 6.45) is 1.69. The summed E-state index contributed by atoms with van der Waals surface area (Å²) in [6, 6.07) is 5.12. The van der Waals surface area contributed by atoms with E-state index >= 15 is 0 Å². The second-order valence-electron chi connectivity index (χ2n) is 3.72. The van der Waals surface area contributed by atoms with Crippen molar-refractivity contribution in [1.29, 1.82) is 0 Å². The first-order valence-corrected chi connectivity index (χ1v) is 6.64. The van der Waals surface area contributed by atoms with Crippen LogP contribution >= 0.6 is 27.5 Å². The third-order valence-corrected chi connectivity index (χ3v) is 3.44. The van der Waals surface area contributed by atoms with E-state index in [-0.39, 0.29) is 12.2 Å². The molecule has 94 valence electrons. The van der Waals surface area contributed by atoms with Crippen LogP contribution in [-0.2, 0) is 13.0 Å². The molecule has 0 fully saturated rings. The number of hydrogen-bond acceptors (Lipinski definition) is 3. The van der Waals surface area contributed by atoms with E-state index in [0.717, 1.165) is 0 Å². The molecule has 0 atom stereocenters. The van der Waals surface area contributed by atoms with Gasteiger partial charge in [0, 0.05) is 21.6 Å². The van der Waals surface area contributed by atoms with Gasteiger partial charge in [0.25, 0.3) is 0 Å². The number of rotatable bonds is 4. The number of aryl methyl sites for hydroxylation is 1. The van der Waals surface area contributed by atoms with Crippen LogP contribution < -0.4 is 0 Å². The molecular weight excluding hydrogens is 318 g/mol. The van der Waals surface area contributed by atoms with Gasteiger partial charge in [0.2, 0.25) is 0 Å². The van der Waals surface area contributed by atoms with Crippen LogP contribution in [0.1, 0.15) is 23.1 Å².